The molecular weight excluding hydrogens is 248 g/mol. The van der Waals surface area contributed by atoms with Gasteiger partial charge in [-0.05, 0) is 24.3 Å². The number of rotatable bonds is 3. The average Bonchev–Trinajstić information content (AvgIpc) is 3.09. The maximum Gasteiger partial charge on any atom is 0.335 e. The molecule has 1 N–H and O–H groups in total. The molecule has 3 aromatic rings. The van der Waals surface area contributed by atoms with E-state index in [0.29, 0.717) is 17.0 Å². The summed E-state index contributed by atoms with van der Waals surface area (Å²) in [6.45, 7) is 0. The van der Waals surface area contributed by atoms with Gasteiger partial charge in [-0.15, -0.1) is 0 Å². The zero-order chi connectivity index (χ0) is 13.2. The summed E-state index contributed by atoms with van der Waals surface area (Å²) in [5.74, 6) is -0.347. The van der Waals surface area contributed by atoms with E-state index in [0.717, 1.165) is 0 Å². The number of furan rings is 1. The Morgan fingerprint density at radius 2 is 2.11 bits per heavy atom. The fraction of sp³-hybridized carbons (Fsp3) is 0. The molecule has 0 aliphatic heterocycles. The first kappa shape index (κ1) is 11.2. The van der Waals surface area contributed by atoms with Gasteiger partial charge in [0.25, 0.3) is 5.89 Å². The molecule has 2 heterocycles. The molecule has 0 aliphatic carbocycles. The van der Waals surface area contributed by atoms with Crippen molar-refractivity contribution in [3.05, 3.63) is 48.4 Å². The number of carboxylic acid groups (broad SMARTS) is 1. The predicted molar refractivity (Wildman–Crippen MR) is 64.4 cm³/mol. The Balaban J connectivity index is 1.99. The third-order valence-corrected chi connectivity index (χ3v) is 2.56. The molecule has 0 atom stereocenters. The molecule has 6 heteroatoms. The van der Waals surface area contributed by atoms with Gasteiger partial charge in [0.1, 0.15) is 6.26 Å². The lowest BCUT2D eigenvalue weighted by Gasteiger charge is -1.96. The van der Waals surface area contributed by atoms with E-state index >= 15 is 0 Å². The maximum absolute atomic E-state index is 10.9. The van der Waals surface area contributed by atoms with Gasteiger partial charge >= 0.3 is 5.97 Å². The maximum atomic E-state index is 10.9. The molecule has 0 saturated carbocycles. The highest BCUT2D eigenvalue weighted by Gasteiger charge is 2.13. The fourth-order valence-electron chi connectivity index (χ4n) is 1.63. The molecule has 0 saturated heterocycles. The molecule has 0 unspecified atom stereocenters. The Kier molecular flexibility index (Phi) is 2.60. The predicted octanol–water partition coefficient (Wildman–Crippen LogP) is 2.69. The van der Waals surface area contributed by atoms with Gasteiger partial charge in [0, 0.05) is 5.56 Å². The number of carboxylic acids is 1. The molecule has 19 heavy (non-hydrogen) atoms. The second-order valence-electron chi connectivity index (χ2n) is 3.82. The van der Waals surface area contributed by atoms with Crippen molar-refractivity contribution >= 4 is 5.97 Å². The normalized spacial score (nSPS) is 10.5. The van der Waals surface area contributed by atoms with Gasteiger partial charge < -0.3 is 14.0 Å². The molecule has 0 spiro atoms. The van der Waals surface area contributed by atoms with Crippen LogP contribution in [0.15, 0.2) is 51.8 Å². The lowest BCUT2D eigenvalue weighted by molar-refractivity contribution is 0.0697. The second-order valence-corrected chi connectivity index (χ2v) is 3.82. The first-order chi connectivity index (χ1) is 9.24. The third-order valence-electron chi connectivity index (χ3n) is 2.56. The first-order valence-electron chi connectivity index (χ1n) is 5.44. The molecule has 0 radical (unpaired) electrons. The largest absolute Gasteiger partial charge is 0.478 e. The van der Waals surface area contributed by atoms with Crippen LogP contribution < -0.4 is 0 Å². The standard InChI is InChI=1S/C13H8N2O4/c16-13(17)9-3-1-2-8(6-9)12-14-11(15-19-12)10-4-5-18-7-10/h1-7H,(H,16,17). The van der Waals surface area contributed by atoms with Gasteiger partial charge in [-0.25, -0.2) is 4.79 Å². The third kappa shape index (κ3) is 2.11. The minimum absolute atomic E-state index is 0.167. The Labute approximate surface area is 107 Å². The number of aromatic carboxylic acids is 1. The Hall–Kier alpha value is -2.89. The van der Waals surface area contributed by atoms with Gasteiger partial charge in [-0.2, -0.15) is 4.98 Å². The van der Waals surface area contributed by atoms with Crippen LogP contribution >= 0.6 is 0 Å². The monoisotopic (exact) mass is 256 g/mol. The van der Waals surface area contributed by atoms with Crippen molar-refractivity contribution in [2.45, 2.75) is 0 Å². The van der Waals surface area contributed by atoms with Gasteiger partial charge in [0.05, 0.1) is 17.4 Å². The Morgan fingerprint density at radius 1 is 1.21 bits per heavy atom. The average molecular weight is 256 g/mol. The van der Waals surface area contributed by atoms with Crippen molar-refractivity contribution in [1.82, 2.24) is 10.1 Å². The summed E-state index contributed by atoms with van der Waals surface area (Å²) < 4.78 is 10.0. The van der Waals surface area contributed by atoms with E-state index in [2.05, 4.69) is 10.1 Å². The van der Waals surface area contributed by atoms with Gasteiger partial charge in [0.15, 0.2) is 0 Å². The van der Waals surface area contributed by atoms with Crippen LogP contribution in [0.1, 0.15) is 10.4 Å². The SMILES string of the molecule is O=C(O)c1cccc(-c2nc(-c3ccoc3)no2)c1. The summed E-state index contributed by atoms with van der Waals surface area (Å²) in [5, 5.41) is 12.7. The Morgan fingerprint density at radius 3 is 2.84 bits per heavy atom. The fourth-order valence-corrected chi connectivity index (χ4v) is 1.63. The second kappa shape index (κ2) is 4.41. The molecule has 0 amide bonds. The van der Waals surface area contributed by atoms with Crippen LogP contribution in [0, 0.1) is 0 Å². The quantitative estimate of drug-likeness (QED) is 0.774. The minimum atomic E-state index is -1.00. The lowest BCUT2D eigenvalue weighted by Crippen LogP contribution is -1.95. The van der Waals surface area contributed by atoms with E-state index in [9.17, 15) is 4.79 Å². The Bertz CT molecular complexity index is 716. The summed E-state index contributed by atoms with van der Waals surface area (Å²) in [4.78, 5) is 15.1. The molecule has 0 bridgehead atoms. The summed E-state index contributed by atoms with van der Waals surface area (Å²) in [6, 6.07) is 8.02. The van der Waals surface area contributed by atoms with Gasteiger partial charge in [0.2, 0.25) is 5.82 Å². The molecule has 6 nitrogen and oxygen atoms in total. The number of hydrogen-bond acceptors (Lipinski definition) is 5. The van der Waals surface area contributed by atoms with Crippen molar-refractivity contribution in [2.75, 3.05) is 0 Å². The number of nitrogens with zero attached hydrogens (tertiary/aromatic N) is 2. The van der Waals surface area contributed by atoms with E-state index < -0.39 is 5.97 Å². The first-order valence-corrected chi connectivity index (χ1v) is 5.44. The van der Waals surface area contributed by atoms with Crippen LogP contribution in [0.3, 0.4) is 0 Å². The molecular formula is C13H8N2O4. The van der Waals surface area contributed by atoms with E-state index in [4.69, 9.17) is 14.0 Å². The van der Waals surface area contributed by atoms with Crippen molar-refractivity contribution in [3.8, 4) is 22.8 Å². The van der Waals surface area contributed by atoms with Crippen LogP contribution in [0.25, 0.3) is 22.8 Å². The topological polar surface area (TPSA) is 89.4 Å². The number of carbonyl (C=O) groups is 1. The highest BCUT2D eigenvalue weighted by Crippen LogP contribution is 2.23. The molecule has 2 aromatic heterocycles. The number of hydrogen-bond donors (Lipinski definition) is 1. The van der Waals surface area contributed by atoms with Crippen molar-refractivity contribution in [3.63, 3.8) is 0 Å². The summed E-state index contributed by atoms with van der Waals surface area (Å²) in [6.07, 6.45) is 3.01. The van der Waals surface area contributed by atoms with Crippen LogP contribution in [-0.2, 0) is 0 Å². The van der Waals surface area contributed by atoms with Crippen molar-refractivity contribution < 1.29 is 18.8 Å². The summed E-state index contributed by atoms with van der Waals surface area (Å²) in [5.41, 5.74) is 1.42. The molecule has 3 rings (SSSR count). The van der Waals surface area contributed by atoms with E-state index in [-0.39, 0.29) is 11.5 Å². The van der Waals surface area contributed by atoms with Crippen molar-refractivity contribution in [1.29, 1.82) is 0 Å². The molecule has 0 aliphatic rings. The minimum Gasteiger partial charge on any atom is -0.478 e. The zero-order valence-electron chi connectivity index (χ0n) is 9.61. The highest BCUT2D eigenvalue weighted by atomic mass is 16.5. The zero-order valence-corrected chi connectivity index (χ0v) is 9.61. The van der Waals surface area contributed by atoms with Crippen molar-refractivity contribution in [2.24, 2.45) is 0 Å². The van der Waals surface area contributed by atoms with E-state index in [1.165, 1.54) is 24.7 Å². The smallest absolute Gasteiger partial charge is 0.335 e. The van der Waals surface area contributed by atoms with Gasteiger partial charge in [-0.1, -0.05) is 11.2 Å². The van der Waals surface area contributed by atoms with Gasteiger partial charge in [-0.3, -0.25) is 0 Å². The lowest BCUT2D eigenvalue weighted by atomic mass is 10.1. The van der Waals surface area contributed by atoms with Crippen LogP contribution in [-0.4, -0.2) is 21.2 Å². The number of benzene rings is 1. The van der Waals surface area contributed by atoms with Crippen LogP contribution in [0.2, 0.25) is 0 Å². The molecule has 0 fully saturated rings. The summed E-state index contributed by atoms with van der Waals surface area (Å²) in [7, 11) is 0. The van der Waals surface area contributed by atoms with Crippen LogP contribution in [0.5, 0.6) is 0 Å². The van der Waals surface area contributed by atoms with E-state index in [1.54, 1.807) is 18.2 Å². The summed E-state index contributed by atoms with van der Waals surface area (Å²) >= 11 is 0. The number of aromatic nitrogens is 2. The molecule has 94 valence electrons. The van der Waals surface area contributed by atoms with E-state index in [1.807, 2.05) is 0 Å². The van der Waals surface area contributed by atoms with Crippen LogP contribution in [0.4, 0.5) is 0 Å². The highest BCUT2D eigenvalue weighted by molar-refractivity contribution is 5.89. The molecule has 1 aromatic carbocycles.